The van der Waals surface area contributed by atoms with Crippen molar-refractivity contribution in [3.05, 3.63) is 46.8 Å². The lowest BCUT2D eigenvalue weighted by Gasteiger charge is -2.36. The first kappa shape index (κ1) is 23.5. The van der Waals surface area contributed by atoms with Crippen LogP contribution in [0.4, 0.5) is 17.6 Å². The van der Waals surface area contributed by atoms with E-state index in [1.54, 1.807) is 0 Å². The fourth-order valence-corrected chi connectivity index (χ4v) is 2.91. The predicted molar refractivity (Wildman–Crippen MR) is 92.9 cm³/mol. The van der Waals surface area contributed by atoms with Crippen molar-refractivity contribution in [1.82, 2.24) is 10.2 Å². The smallest absolute Gasteiger partial charge is 0.314 e. The van der Waals surface area contributed by atoms with Gasteiger partial charge >= 0.3 is 6.18 Å². The van der Waals surface area contributed by atoms with Gasteiger partial charge in [0.05, 0.1) is 10.6 Å². The van der Waals surface area contributed by atoms with Crippen LogP contribution in [0.5, 0.6) is 0 Å². The van der Waals surface area contributed by atoms with Gasteiger partial charge in [-0.05, 0) is 18.6 Å². The molecule has 1 fully saturated rings. The van der Waals surface area contributed by atoms with Crippen LogP contribution in [-0.4, -0.2) is 31.1 Å². The monoisotopic (exact) mass is 408 g/mol. The molecule has 1 atom stereocenters. The van der Waals surface area contributed by atoms with E-state index in [1.807, 2.05) is 4.90 Å². The minimum absolute atomic E-state index is 0. The highest BCUT2D eigenvalue weighted by molar-refractivity contribution is 6.30. The Labute approximate surface area is 156 Å². The van der Waals surface area contributed by atoms with Gasteiger partial charge in [-0.2, -0.15) is 13.2 Å². The average molecular weight is 410 g/mol. The lowest BCUT2D eigenvalue weighted by molar-refractivity contribution is -0.139. The third-order valence-corrected chi connectivity index (χ3v) is 4.05. The van der Waals surface area contributed by atoms with Gasteiger partial charge in [-0.15, -0.1) is 31.4 Å². The van der Waals surface area contributed by atoms with Gasteiger partial charge in [-0.3, -0.25) is 4.90 Å². The van der Waals surface area contributed by atoms with Gasteiger partial charge < -0.3 is 5.32 Å². The fraction of sp³-hybridized carbons (Fsp3) is 0.467. The van der Waals surface area contributed by atoms with Gasteiger partial charge in [0.1, 0.15) is 5.82 Å². The summed E-state index contributed by atoms with van der Waals surface area (Å²) in [5.41, 5.74) is -1.36. The highest BCUT2D eigenvalue weighted by Crippen LogP contribution is 2.41. The van der Waals surface area contributed by atoms with Crippen molar-refractivity contribution in [1.29, 1.82) is 0 Å². The number of hydrogen-bond acceptors (Lipinski definition) is 2. The minimum atomic E-state index is -4.63. The van der Waals surface area contributed by atoms with E-state index in [0.717, 1.165) is 12.1 Å². The fourth-order valence-electron chi connectivity index (χ4n) is 2.74. The highest BCUT2D eigenvalue weighted by atomic mass is 35.5. The largest absolute Gasteiger partial charge is 0.416 e. The first-order chi connectivity index (χ1) is 10.4. The Kier molecular flexibility index (Phi) is 9.61. The Hall–Kier alpha value is -0.530. The lowest BCUT2D eigenvalue weighted by Crippen LogP contribution is -2.45. The molecular weight excluding hydrogens is 391 g/mol. The zero-order valence-electron chi connectivity index (χ0n) is 12.7. The van der Waals surface area contributed by atoms with E-state index in [4.69, 9.17) is 11.6 Å². The highest BCUT2D eigenvalue weighted by Gasteiger charge is 2.39. The van der Waals surface area contributed by atoms with Gasteiger partial charge in [0.15, 0.2) is 0 Å². The number of nitrogens with one attached hydrogen (secondary N) is 1. The zero-order valence-corrected chi connectivity index (χ0v) is 15.1. The molecule has 0 amide bonds. The van der Waals surface area contributed by atoms with Crippen molar-refractivity contribution in [3.63, 3.8) is 0 Å². The molecule has 24 heavy (non-hydrogen) atoms. The van der Waals surface area contributed by atoms with E-state index in [-0.39, 0.29) is 41.8 Å². The van der Waals surface area contributed by atoms with Crippen molar-refractivity contribution >= 4 is 36.4 Å². The minimum Gasteiger partial charge on any atom is -0.314 e. The zero-order chi connectivity index (χ0) is 16.3. The maximum atomic E-state index is 14.4. The second-order valence-corrected chi connectivity index (χ2v) is 5.55. The molecule has 0 aliphatic carbocycles. The number of rotatable bonds is 4. The van der Waals surface area contributed by atoms with Gasteiger partial charge in [-0.25, -0.2) is 4.39 Å². The van der Waals surface area contributed by atoms with Crippen molar-refractivity contribution < 1.29 is 17.6 Å². The van der Waals surface area contributed by atoms with Crippen LogP contribution in [0, 0.1) is 5.82 Å². The van der Waals surface area contributed by atoms with E-state index in [2.05, 4.69) is 11.9 Å². The third-order valence-electron chi connectivity index (χ3n) is 3.75. The van der Waals surface area contributed by atoms with Crippen molar-refractivity contribution in [3.8, 4) is 0 Å². The molecule has 2 rings (SSSR count). The summed E-state index contributed by atoms with van der Waals surface area (Å²) in [4.78, 5) is 1.84. The molecule has 0 unspecified atom stereocenters. The molecule has 1 heterocycles. The number of piperazine rings is 1. The summed E-state index contributed by atoms with van der Waals surface area (Å²) in [6, 6.07) is 1.07. The first-order valence-electron chi connectivity index (χ1n) is 6.97. The van der Waals surface area contributed by atoms with Gasteiger partial charge in [0.25, 0.3) is 0 Å². The van der Waals surface area contributed by atoms with E-state index in [0.29, 0.717) is 26.2 Å². The number of hydrogen-bond donors (Lipinski definition) is 1. The van der Waals surface area contributed by atoms with Crippen LogP contribution in [0.3, 0.4) is 0 Å². The normalized spacial score (nSPS) is 16.7. The number of halogens is 7. The first-order valence-corrected chi connectivity index (χ1v) is 7.34. The van der Waals surface area contributed by atoms with Crippen LogP contribution < -0.4 is 5.32 Å². The van der Waals surface area contributed by atoms with Crippen LogP contribution in [0.25, 0.3) is 0 Å². The van der Waals surface area contributed by atoms with Crippen LogP contribution >= 0.6 is 36.4 Å². The second-order valence-electron chi connectivity index (χ2n) is 5.15. The summed E-state index contributed by atoms with van der Waals surface area (Å²) in [7, 11) is 0. The molecule has 0 aromatic heterocycles. The van der Waals surface area contributed by atoms with Crippen LogP contribution in [-0.2, 0) is 6.18 Å². The van der Waals surface area contributed by atoms with Crippen LogP contribution in [0.15, 0.2) is 24.8 Å². The number of nitrogens with zero attached hydrogens (tertiary/aromatic N) is 1. The van der Waals surface area contributed by atoms with Crippen molar-refractivity contribution in [2.24, 2.45) is 0 Å². The Morgan fingerprint density at radius 1 is 1.25 bits per heavy atom. The molecule has 1 aromatic carbocycles. The summed E-state index contributed by atoms with van der Waals surface area (Å²) in [6.07, 6.45) is -2.90. The molecular formula is C15H19Cl3F4N2. The third kappa shape index (κ3) is 5.23. The lowest BCUT2D eigenvalue weighted by atomic mass is 9.94. The maximum Gasteiger partial charge on any atom is 0.416 e. The molecule has 138 valence electrons. The topological polar surface area (TPSA) is 15.3 Å². The van der Waals surface area contributed by atoms with Gasteiger partial charge in [0.2, 0.25) is 0 Å². The van der Waals surface area contributed by atoms with Crippen LogP contribution in [0.2, 0.25) is 5.02 Å². The molecule has 1 aliphatic rings. The van der Waals surface area contributed by atoms with E-state index in [9.17, 15) is 17.6 Å². The Morgan fingerprint density at radius 3 is 2.33 bits per heavy atom. The van der Waals surface area contributed by atoms with Crippen molar-refractivity contribution in [2.45, 2.75) is 18.6 Å². The van der Waals surface area contributed by atoms with Gasteiger partial charge in [0, 0.05) is 37.8 Å². The Morgan fingerprint density at radius 2 is 1.83 bits per heavy atom. The molecule has 0 radical (unpaired) electrons. The molecule has 9 heteroatoms. The Bertz CT molecular complexity index is 546. The molecule has 0 saturated carbocycles. The van der Waals surface area contributed by atoms with E-state index < -0.39 is 23.6 Å². The van der Waals surface area contributed by atoms with E-state index >= 15 is 0 Å². The summed E-state index contributed by atoms with van der Waals surface area (Å²) in [6.45, 7) is 5.97. The molecule has 0 bridgehead atoms. The summed E-state index contributed by atoms with van der Waals surface area (Å²) < 4.78 is 54.2. The van der Waals surface area contributed by atoms with Crippen molar-refractivity contribution in [2.75, 3.05) is 26.2 Å². The van der Waals surface area contributed by atoms with Crippen LogP contribution in [0.1, 0.15) is 23.6 Å². The predicted octanol–water partition coefficient (Wildman–Crippen LogP) is 4.86. The molecule has 1 aliphatic heterocycles. The van der Waals surface area contributed by atoms with E-state index in [1.165, 1.54) is 6.08 Å². The average Bonchev–Trinajstić information content (AvgIpc) is 2.47. The molecule has 1 saturated heterocycles. The summed E-state index contributed by atoms with van der Waals surface area (Å²) in [5, 5.41) is 2.83. The number of benzene rings is 1. The maximum absolute atomic E-state index is 14.4. The Balaban J connectivity index is 0.00000264. The standard InChI is InChI=1S/C15H17ClF4N2.2ClH/c1-2-3-12(22-8-6-21-7-9-22)13-10(15(18,19)20)4-5-11(16)14(13)17;;/h2,4-5,12,21H,1,3,6-9H2;2*1H/t12-;;/m0../s1. The summed E-state index contributed by atoms with van der Waals surface area (Å²) in [5.74, 6) is -0.998. The SMILES string of the molecule is C=CC[C@@H](c1c(C(F)(F)F)ccc(Cl)c1F)N1CCNCC1.Cl.Cl. The molecule has 2 nitrogen and oxygen atoms in total. The molecule has 1 N–H and O–H groups in total. The summed E-state index contributed by atoms with van der Waals surface area (Å²) >= 11 is 5.72. The number of alkyl halides is 3. The quantitative estimate of drug-likeness (QED) is 0.564. The van der Waals surface area contributed by atoms with Gasteiger partial charge in [-0.1, -0.05) is 17.7 Å². The molecule has 1 aromatic rings. The molecule has 0 spiro atoms. The second kappa shape index (κ2) is 9.82.